The fourth-order valence-electron chi connectivity index (χ4n) is 5.20. The fraction of sp³-hybridized carbons (Fsp3) is 0.538. The van der Waals surface area contributed by atoms with Crippen molar-refractivity contribution >= 4 is 35.2 Å². The number of fused-ring (bicyclic) bond motifs is 1. The Balaban J connectivity index is 1.11. The molecule has 1 saturated carbocycles. The van der Waals surface area contributed by atoms with Crippen LogP contribution in [0.5, 0.6) is 0 Å². The van der Waals surface area contributed by atoms with Gasteiger partial charge in [-0.15, -0.1) is 0 Å². The van der Waals surface area contributed by atoms with Gasteiger partial charge in [0.2, 0.25) is 5.91 Å². The summed E-state index contributed by atoms with van der Waals surface area (Å²) >= 11 is 1.92. The van der Waals surface area contributed by atoms with Crippen LogP contribution in [0.1, 0.15) is 48.9 Å². The van der Waals surface area contributed by atoms with Crippen LogP contribution in [0.4, 0.5) is 10.2 Å². The normalized spacial score (nSPS) is 25.7. The molecule has 4 heterocycles. The first-order valence-electron chi connectivity index (χ1n) is 13.0. The highest BCUT2D eigenvalue weighted by Crippen LogP contribution is 2.24. The van der Waals surface area contributed by atoms with Crippen LogP contribution in [0.2, 0.25) is 0 Å². The first-order chi connectivity index (χ1) is 18.0. The van der Waals surface area contributed by atoms with Gasteiger partial charge in [0.1, 0.15) is 23.5 Å². The van der Waals surface area contributed by atoms with Gasteiger partial charge in [0.15, 0.2) is 0 Å². The largest absolute Gasteiger partial charge is 0.367 e. The third-order valence-corrected chi connectivity index (χ3v) is 8.38. The molecule has 5 N–H and O–H groups in total. The minimum absolute atomic E-state index is 0.0338. The summed E-state index contributed by atoms with van der Waals surface area (Å²) in [6.45, 7) is 0.961. The Kier molecular flexibility index (Phi) is 8.09. The first kappa shape index (κ1) is 25.7. The highest BCUT2D eigenvalue weighted by Gasteiger charge is 2.32. The minimum atomic E-state index is -0.529. The van der Waals surface area contributed by atoms with Crippen LogP contribution in [0.25, 0.3) is 0 Å². The molecule has 198 valence electrons. The maximum absolute atomic E-state index is 14.0. The predicted octanol–water partition coefficient (Wildman–Crippen LogP) is 2.18. The third-order valence-electron chi connectivity index (χ3n) is 7.33. The van der Waals surface area contributed by atoms with E-state index in [2.05, 4.69) is 25.9 Å². The maximum atomic E-state index is 14.0. The number of anilines is 1. The molecule has 1 saturated heterocycles. The number of nitrogens with one attached hydrogen (secondary N) is 3. The number of thioether (sulfide) groups is 1. The molecule has 0 aromatic carbocycles. The number of halogens is 1. The number of amides is 2. The van der Waals surface area contributed by atoms with Gasteiger partial charge in [-0.05, 0) is 67.7 Å². The number of amidine groups is 1. The second-order valence-corrected chi connectivity index (χ2v) is 11.2. The maximum Gasteiger partial charge on any atom is 0.255 e. The highest BCUT2D eigenvalue weighted by molar-refractivity contribution is 7.99. The van der Waals surface area contributed by atoms with E-state index in [1.54, 1.807) is 0 Å². The van der Waals surface area contributed by atoms with E-state index in [-0.39, 0.29) is 35.5 Å². The summed E-state index contributed by atoms with van der Waals surface area (Å²) in [5, 5.41) is 9.54. The molecular formula is C26H34FN7O2S. The number of rotatable bonds is 7. The molecule has 1 atom stereocenters. The van der Waals surface area contributed by atoms with E-state index in [0.717, 1.165) is 67.6 Å². The van der Waals surface area contributed by atoms with E-state index in [9.17, 15) is 14.0 Å². The van der Waals surface area contributed by atoms with Gasteiger partial charge >= 0.3 is 0 Å². The van der Waals surface area contributed by atoms with Gasteiger partial charge in [0.25, 0.3) is 5.91 Å². The van der Waals surface area contributed by atoms with E-state index in [4.69, 9.17) is 5.73 Å². The molecule has 2 amide bonds. The monoisotopic (exact) mass is 527 g/mol. The minimum Gasteiger partial charge on any atom is -0.367 e. The molecular weight excluding hydrogens is 493 g/mol. The molecule has 5 rings (SSSR count). The summed E-state index contributed by atoms with van der Waals surface area (Å²) < 4.78 is 14.0. The zero-order valence-electron chi connectivity index (χ0n) is 20.8. The number of nitrogens with zero attached hydrogens (tertiary/aromatic N) is 3. The Labute approximate surface area is 220 Å². The summed E-state index contributed by atoms with van der Waals surface area (Å²) in [7, 11) is 0. The van der Waals surface area contributed by atoms with Gasteiger partial charge in [-0.2, -0.15) is 11.8 Å². The van der Waals surface area contributed by atoms with Gasteiger partial charge in [0.05, 0.1) is 18.3 Å². The average Bonchev–Trinajstić information content (AvgIpc) is 3.35. The van der Waals surface area contributed by atoms with Crippen molar-refractivity contribution < 1.29 is 14.0 Å². The predicted molar refractivity (Wildman–Crippen MR) is 144 cm³/mol. The SMILES string of the molecule is NCC1=CN2CC(C(=O)NC3CCC(NC(=O)c4cc(F)cnc4NC4CCSCC4)CC3)N=C2C=C1. The fourth-order valence-corrected chi connectivity index (χ4v) is 6.31. The summed E-state index contributed by atoms with van der Waals surface area (Å²) in [6.07, 6.45) is 11.9. The van der Waals surface area contributed by atoms with Crippen molar-refractivity contribution in [1.29, 1.82) is 0 Å². The van der Waals surface area contributed by atoms with E-state index >= 15 is 0 Å². The average molecular weight is 528 g/mol. The van der Waals surface area contributed by atoms with Gasteiger partial charge in [-0.1, -0.05) is 6.08 Å². The molecule has 1 unspecified atom stereocenters. The molecule has 1 aromatic heterocycles. The molecule has 9 nitrogen and oxygen atoms in total. The summed E-state index contributed by atoms with van der Waals surface area (Å²) in [6, 6.07) is 1.06. The van der Waals surface area contributed by atoms with E-state index in [0.29, 0.717) is 18.9 Å². The smallest absolute Gasteiger partial charge is 0.255 e. The summed E-state index contributed by atoms with van der Waals surface area (Å²) in [5.41, 5.74) is 6.96. The molecule has 1 aliphatic carbocycles. The number of aliphatic imine (C=N–C) groups is 1. The second kappa shape index (κ2) is 11.6. The van der Waals surface area contributed by atoms with Gasteiger partial charge in [0, 0.05) is 30.9 Å². The van der Waals surface area contributed by atoms with Crippen LogP contribution in [0, 0.1) is 5.82 Å². The Morgan fingerprint density at radius 3 is 2.51 bits per heavy atom. The lowest BCUT2D eigenvalue weighted by molar-refractivity contribution is -0.123. The Hall–Kier alpha value is -2.92. The van der Waals surface area contributed by atoms with Crippen molar-refractivity contribution in [2.45, 2.75) is 62.7 Å². The van der Waals surface area contributed by atoms with Crippen molar-refractivity contribution in [3.05, 3.63) is 47.6 Å². The highest BCUT2D eigenvalue weighted by atomic mass is 32.2. The molecule has 4 aliphatic rings. The van der Waals surface area contributed by atoms with Crippen LogP contribution in [-0.4, -0.2) is 76.3 Å². The topological polar surface area (TPSA) is 125 Å². The second-order valence-electron chi connectivity index (χ2n) is 10.0. The van der Waals surface area contributed by atoms with Gasteiger partial charge in [-0.3, -0.25) is 14.6 Å². The molecule has 0 spiro atoms. The molecule has 37 heavy (non-hydrogen) atoms. The standard InChI is InChI=1S/C26H34FN7O2S/c27-17-11-21(24(29-13-17)30-20-7-9-37-10-8-20)25(35)31-18-2-4-19(5-3-18)32-26(36)22-15-34-14-16(12-28)1-6-23(34)33-22/h1,6,11,13-14,18-20,22H,2-5,7-10,12,15,28H2,(H,29,30)(H,31,35)(H,32,36). The third kappa shape index (κ3) is 6.32. The lowest BCUT2D eigenvalue weighted by atomic mass is 9.90. The number of carbonyl (C=O) groups is 2. The molecule has 2 fully saturated rings. The number of pyridine rings is 1. The number of hydrogen-bond donors (Lipinski definition) is 4. The Morgan fingerprint density at radius 2 is 1.78 bits per heavy atom. The van der Waals surface area contributed by atoms with Gasteiger partial charge in [-0.25, -0.2) is 9.37 Å². The Bertz CT molecular complexity index is 1110. The van der Waals surface area contributed by atoms with Crippen molar-refractivity contribution in [3.63, 3.8) is 0 Å². The van der Waals surface area contributed by atoms with Crippen molar-refractivity contribution in [1.82, 2.24) is 20.5 Å². The lowest BCUT2D eigenvalue weighted by Gasteiger charge is -2.30. The van der Waals surface area contributed by atoms with E-state index < -0.39 is 11.9 Å². The van der Waals surface area contributed by atoms with Crippen molar-refractivity contribution in [2.24, 2.45) is 10.7 Å². The zero-order chi connectivity index (χ0) is 25.8. The first-order valence-corrected chi connectivity index (χ1v) is 14.2. The van der Waals surface area contributed by atoms with E-state index in [1.807, 2.05) is 35.0 Å². The van der Waals surface area contributed by atoms with Crippen molar-refractivity contribution in [3.8, 4) is 0 Å². The lowest BCUT2D eigenvalue weighted by Crippen LogP contribution is -2.47. The van der Waals surface area contributed by atoms with Crippen LogP contribution in [0.3, 0.4) is 0 Å². The Morgan fingerprint density at radius 1 is 1.05 bits per heavy atom. The number of nitrogens with two attached hydrogens (primary N) is 1. The number of hydrogen-bond acceptors (Lipinski definition) is 8. The van der Waals surface area contributed by atoms with Crippen LogP contribution < -0.4 is 21.7 Å². The molecule has 3 aliphatic heterocycles. The van der Waals surface area contributed by atoms with Crippen molar-refractivity contribution in [2.75, 3.05) is 29.9 Å². The molecule has 0 radical (unpaired) electrons. The van der Waals surface area contributed by atoms with Crippen LogP contribution >= 0.6 is 11.8 Å². The summed E-state index contributed by atoms with van der Waals surface area (Å²) in [5.74, 6) is 2.43. The molecule has 1 aromatic rings. The zero-order valence-corrected chi connectivity index (χ0v) is 21.6. The van der Waals surface area contributed by atoms with Crippen LogP contribution in [-0.2, 0) is 4.79 Å². The molecule has 11 heteroatoms. The summed E-state index contributed by atoms with van der Waals surface area (Å²) in [4.78, 5) is 36.6. The van der Waals surface area contributed by atoms with Gasteiger partial charge < -0.3 is 26.6 Å². The number of aromatic nitrogens is 1. The molecule has 0 bridgehead atoms. The quantitative estimate of drug-likeness (QED) is 0.428. The van der Waals surface area contributed by atoms with Crippen LogP contribution in [0.15, 0.2) is 41.2 Å². The number of carbonyl (C=O) groups excluding carboxylic acids is 2. The van der Waals surface area contributed by atoms with E-state index in [1.165, 1.54) is 6.07 Å².